The first-order valence-corrected chi connectivity index (χ1v) is 4.40. The third kappa shape index (κ3) is 3.17. The molecule has 0 amide bonds. The average molecular weight is 211 g/mol. The van der Waals surface area contributed by atoms with Gasteiger partial charge in [0, 0.05) is 0 Å². The minimum atomic E-state index is -4.13. The van der Waals surface area contributed by atoms with Crippen molar-refractivity contribution in [2.75, 3.05) is 19.6 Å². The Labute approximate surface area is 79.5 Å². The Morgan fingerprint density at radius 3 is 2.21 bits per heavy atom. The van der Waals surface area contributed by atoms with Gasteiger partial charge < -0.3 is 5.11 Å². The number of likely N-dealkylation sites (tertiary alicyclic amines) is 1. The Bertz CT molecular complexity index is 209. The van der Waals surface area contributed by atoms with E-state index < -0.39 is 18.1 Å². The molecule has 0 atom stereocenters. The largest absolute Gasteiger partial charge is 0.480 e. The predicted molar refractivity (Wildman–Crippen MR) is 42.9 cm³/mol. The summed E-state index contributed by atoms with van der Waals surface area (Å²) in [4.78, 5) is 11.8. The van der Waals surface area contributed by atoms with Crippen molar-refractivity contribution in [3.05, 3.63) is 0 Å². The van der Waals surface area contributed by atoms with Crippen LogP contribution in [0.1, 0.15) is 12.8 Å². The summed E-state index contributed by atoms with van der Waals surface area (Å²) in [5.41, 5.74) is 0. The molecule has 1 aliphatic rings. The molecule has 0 bridgehead atoms. The minimum absolute atomic E-state index is 0.0107. The molecule has 3 nitrogen and oxygen atoms in total. The van der Waals surface area contributed by atoms with Crippen molar-refractivity contribution in [2.45, 2.75) is 19.0 Å². The van der Waals surface area contributed by atoms with Gasteiger partial charge in [0.25, 0.3) is 0 Å². The number of carboxylic acids is 1. The van der Waals surface area contributed by atoms with Crippen molar-refractivity contribution in [2.24, 2.45) is 5.92 Å². The molecule has 0 aromatic heterocycles. The maximum Gasteiger partial charge on any atom is 0.391 e. The van der Waals surface area contributed by atoms with Crippen LogP contribution in [0.3, 0.4) is 0 Å². The lowest BCUT2D eigenvalue weighted by Crippen LogP contribution is -2.41. The van der Waals surface area contributed by atoms with Gasteiger partial charge in [-0.2, -0.15) is 13.2 Å². The molecule has 1 fully saturated rings. The van der Waals surface area contributed by atoms with Crippen LogP contribution in [-0.4, -0.2) is 41.8 Å². The van der Waals surface area contributed by atoms with E-state index in [1.165, 1.54) is 4.90 Å². The van der Waals surface area contributed by atoms with Gasteiger partial charge in [0.1, 0.15) is 0 Å². The average Bonchev–Trinajstić information content (AvgIpc) is 2.02. The van der Waals surface area contributed by atoms with Gasteiger partial charge in [-0.15, -0.1) is 0 Å². The molecule has 0 spiro atoms. The fourth-order valence-electron chi connectivity index (χ4n) is 1.61. The second-order valence-electron chi connectivity index (χ2n) is 3.49. The van der Waals surface area contributed by atoms with Crippen molar-refractivity contribution in [1.29, 1.82) is 0 Å². The molecule has 14 heavy (non-hydrogen) atoms. The molecule has 82 valence electrons. The zero-order valence-electron chi connectivity index (χ0n) is 7.55. The second kappa shape index (κ2) is 4.16. The molecule has 0 radical (unpaired) electrons. The lowest BCUT2D eigenvalue weighted by Gasteiger charge is -2.31. The van der Waals surface area contributed by atoms with E-state index >= 15 is 0 Å². The molecule has 6 heteroatoms. The number of alkyl halides is 3. The smallest absolute Gasteiger partial charge is 0.391 e. The lowest BCUT2D eigenvalue weighted by molar-refractivity contribution is -0.185. The van der Waals surface area contributed by atoms with Gasteiger partial charge in [-0.25, -0.2) is 0 Å². The van der Waals surface area contributed by atoms with E-state index in [0.29, 0.717) is 0 Å². The summed E-state index contributed by atoms with van der Waals surface area (Å²) in [5.74, 6) is -2.25. The highest BCUT2D eigenvalue weighted by Gasteiger charge is 2.41. The summed E-state index contributed by atoms with van der Waals surface area (Å²) in [7, 11) is 0. The van der Waals surface area contributed by atoms with E-state index in [1.807, 2.05) is 0 Å². The Morgan fingerprint density at radius 2 is 1.86 bits per heavy atom. The molecule has 1 heterocycles. The number of rotatable bonds is 2. The first-order valence-electron chi connectivity index (χ1n) is 4.40. The molecule has 1 N–H and O–H groups in total. The molecule has 1 rings (SSSR count). The van der Waals surface area contributed by atoms with E-state index in [0.717, 1.165) is 0 Å². The standard InChI is InChI=1S/C8H12F3NO2/c9-8(10,11)6-1-3-12(4-2-6)5-7(13)14/h6H,1-5H2,(H,13,14). The third-order valence-electron chi connectivity index (χ3n) is 2.41. The number of piperidine rings is 1. The SMILES string of the molecule is O=C(O)CN1CCC(C(F)(F)F)CC1. The zero-order chi connectivity index (χ0) is 10.8. The highest BCUT2D eigenvalue weighted by atomic mass is 19.4. The van der Waals surface area contributed by atoms with E-state index in [1.54, 1.807) is 0 Å². The Kier molecular flexibility index (Phi) is 3.36. The summed E-state index contributed by atoms with van der Waals surface area (Å²) >= 11 is 0. The van der Waals surface area contributed by atoms with Gasteiger partial charge in [0.2, 0.25) is 0 Å². The van der Waals surface area contributed by atoms with Gasteiger partial charge in [-0.05, 0) is 25.9 Å². The fourth-order valence-corrected chi connectivity index (χ4v) is 1.61. The highest BCUT2D eigenvalue weighted by molar-refractivity contribution is 5.69. The molecule has 0 aromatic carbocycles. The highest BCUT2D eigenvalue weighted by Crippen LogP contribution is 2.33. The van der Waals surface area contributed by atoms with Gasteiger partial charge in [-0.3, -0.25) is 9.69 Å². The summed E-state index contributed by atoms with van der Waals surface area (Å²) in [6.07, 6.45) is -4.11. The van der Waals surface area contributed by atoms with E-state index in [2.05, 4.69) is 0 Å². The maximum atomic E-state index is 12.2. The number of aliphatic carboxylic acids is 1. The van der Waals surface area contributed by atoms with Crippen LogP contribution in [0.2, 0.25) is 0 Å². The normalized spacial score (nSPS) is 21.1. The number of hydrogen-bond donors (Lipinski definition) is 1. The van der Waals surface area contributed by atoms with Crippen molar-refractivity contribution in [3.63, 3.8) is 0 Å². The molecule has 1 aliphatic heterocycles. The van der Waals surface area contributed by atoms with E-state index in [9.17, 15) is 18.0 Å². The lowest BCUT2D eigenvalue weighted by atomic mass is 9.96. The van der Waals surface area contributed by atoms with Gasteiger partial charge in [0.05, 0.1) is 12.5 Å². The van der Waals surface area contributed by atoms with Crippen LogP contribution in [0.5, 0.6) is 0 Å². The first kappa shape index (κ1) is 11.3. The van der Waals surface area contributed by atoms with Crippen LogP contribution in [0.25, 0.3) is 0 Å². The number of carboxylic acid groups (broad SMARTS) is 1. The Balaban J connectivity index is 2.35. The van der Waals surface area contributed by atoms with Crippen LogP contribution in [0.15, 0.2) is 0 Å². The van der Waals surface area contributed by atoms with Gasteiger partial charge in [0.15, 0.2) is 0 Å². The monoisotopic (exact) mass is 211 g/mol. The van der Waals surface area contributed by atoms with Crippen LogP contribution < -0.4 is 0 Å². The fraction of sp³-hybridized carbons (Fsp3) is 0.875. The van der Waals surface area contributed by atoms with Crippen LogP contribution in [-0.2, 0) is 4.79 Å². The number of hydrogen-bond acceptors (Lipinski definition) is 2. The molecule has 1 saturated heterocycles. The number of nitrogens with zero attached hydrogens (tertiary/aromatic N) is 1. The van der Waals surface area contributed by atoms with Gasteiger partial charge >= 0.3 is 12.1 Å². The maximum absolute atomic E-state index is 12.2. The quantitative estimate of drug-likeness (QED) is 0.749. The summed E-state index contributed by atoms with van der Waals surface area (Å²) in [6, 6.07) is 0. The second-order valence-corrected chi connectivity index (χ2v) is 3.49. The zero-order valence-corrected chi connectivity index (χ0v) is 7.55. The summed E-state index contributed by atoms with van der Waals surface area (Å²) in [6.45, 7) is 0.275. The summed E-state index contributed by atoms with van der Waals surface area (Å²) in [5, 5.41) is 8.43. The third-order valence-corrected chi connectivity index (χ3v) is 2.41. The molecular formula is C8H12F3NO2. The molecular weight excluding hydrogens is 199 g/mol. The molecule has 0 saturated carbocycles. The van der Waals surface area contributed by atoms with Crippen LogP contribution in [0.4, 0.5) is 13.2 Å². The van der Waals surface area contributed by atoms with Gasteiger partial charge in [-0.1, -0.05) is 0 Å². The Hall–Kier alpha value is -0.780. The van der Waals surface area contributed by atoms with Crippen molar-refractivity contribution in [3.8, 4) is 0 Å². The molecule has 0 aliphatic carbocycles. The minimum Gasteiger partial charge on any atom is -0.480 e. The molecule has 0 aromatic rings. The van der Waals surface area contributed by atoms with Crippen LogP contribution >= 0.6 is 0 Å². The van der Waals surface area contributed by atoms with Crippen molar-refractivity contribution < 1.29 is 23.1 Å². The summed E-state index contributed by atoms with van der Waals surface area (Å²) < 4.78 is 36.6. The number of carbonyl (C=O) groups is 1. The topological polar surface area (TPSA) is 40.5 Å². The predicted octanol–water partition coefficient (Wildman–Crippen LogP) is 1.35. The van der Waals surface area contributed by atoms with E-state index in [4.69, 9.17) is 5.11 Å². The molecule has 0 unspecified atom stereocenters. The van der Waals surface area contributed by atoms with Crippen molar-refractivity contribution in [1.82, 2.24) is 4.90 Å². The number of halogens is 3. The Morgan fingerprint density at radius 1 is 1.36 bits per heavy atom. The first-order chi connectivity index (χ1) is 6.39. The van der Waals surface area contributed by atoms with Crippen molar-refractivity contribution >= 4 is 5.97 Å². The van der Waals surface area contributed by atoms with E-state index in [-0.39, 0.29) is 32.5 Å². The van der Waals surface area contributed by atoms with Crippen LogP contribution in [0, 0.1) is 5.92 Å².